The van der Waals surface area contributed by atoms with E-state index in [1.165, 1.54) is 6.21 Å². The Bertz CT molecular complexity index is 742. The lowest BCUT2D eigenvalue weighted by atomic mass is 10.1. The quantitative estimate of drug-likeness (QED) is 0.433. The van der Waals surface area contributed by atoms with E-state index in [2.05, 4.69) is 33.0 Å². The monoisotopic (exact) mass is 388 g/mol. The molecule has 0 radical (unpaired) electrons. The molecule has 0 unspecified atom stereocenters. The maximum absolute atomic E-state index is 11.7. The number of hydrogen-bond donors (Lipinski definition) is 2. The number of hydrogen-bond acceptors (Lipinski definition) is 4. The van der Waals surface area contributed by atoms with Gasteiger partial charge in [0, 0.05) is 10.0 Å². The molecule has 0 aromatic heterocycles. The molecule has 0 atom stereocenters. The van der Waals surface area contributed by atoms with Gasteiger partial charge < -0.3 is 9.84 Å². The van der Waals surface area contributed by atoms with E-state index in [4.69, 9.17) is 4.74 Å². The number of aromatic hydroxyl groups is 1. The van der Waals surface area contributed by atoms with Gasteiger partial charge in [-0.3, -0.25) is 4.79 Å². The molecule has 2 rings (SSSR count). The number of nitrogens with one attached hydrogen (secondary N) is 1. The van der Waals surface area contributed by atoms with Crippen LogP contribution in [0.25, 0.3) is 0 Å². The second-order valence-electron chi connectivity index (χ2n) is 4.88. The molecular formula is C18H17BrN2O3. The Balaban J connectivity index is 1.87. The highest BCUT2D eigenvalue weighted by Crippen LogP contribution is 2.21. The van der Waals surface area contributed by atoms with Crippen molar-refractivity contribution >= 4 is 28.1 Å². The molecule has 2 aromatic rings. The van der Waals surface area contributed by atoms with Gasteiger partial charge in [0.2, 0.25) is 0 Å². The number of para-hydroxylation sites is 1. The number of carbonyl (C=O) groups is 1. The van der Waals surface area contributed by atoms with Crippen LogP contribution in [-0.4, -0.2) is 23.8 Å². The molecule has 2 aromatic carbocycles. The minimum Gasteiger partial charge on any atom is -0.507 e. The topological polar surface area (TPSA) is 70.9 Å². The van der Waals surface area contributed by atoms with Gasteiger partial charge in [0.25, 0.3) is 5.91 Å². The van der Waals surface area contributed by atoms with E-state index in [1.54, 1.807) is 36.4 Å². The number of nitrogens with zero attached hydrogens (tertiary/aromatic N) is 1. The molecule has 124 valence electrons. The van der Waals surface area contributed by atoms with Gasteiger partial charge in [-0.1, -0.05) is 34.1 Å². The van der Waals surface area contributed by atoms with E-state index >= 15 is 0 Å². The van der Waals surface area contributed by atoms with Crippen molar-refractivity contribution in [2.24, 2.45) is 5.10 Å². The Morgan fingerprint density at radius 3 is 2.75 bits per heavy atom. The lowest BCUT2D eigenvalue weighted by Gasteiger charge is -2.06. The summed E-state index contributed by atoms with van der Waals surface area (Å²) >= 11 is 3.32. The van der Waals surface area contributed by atoms with Crippen LogP contribution in [0.1, 0.15) is 11.1 Å². The second-order valence-corrected chi connectivity index (χ2v) is 5.80. The molecule has 0 fully saturated rings. The summed E-state index contributed by atoms with van der Waals surface area (Å²) in [6, 6.07) is 12.5. The predicted octanol–water partition coefficient (Wildman–Crippen LogP) is 3.41. The molecule has 0 spiro atoms. The molecule has 6 heteroatoms. The number of allylic oxidation sites excluding steroid dienone is 1. The van der Waals surface area contributed by atoms with Gasteiger partial charge in [-0.05, 0) is 42.3 Å². The number of rotatable bonds is 7. The average Bonchev–Trinajstić information content (AvgIpc) is 2.58. The summed E-state index contributed by atoms with van der Waals surface area (Å²) in [7, 11) is 0. The van der Waals surface area contributed by atoms with Crippen molar-refractivity contribution in [3.63, 3.8) is 0 Å². The Kier molecular flexibility index (Phi) is 6.57. The van der Waals surface area contributed by atoms with Crippen LogP contribution in [0.15, 0.2) is 64.7 Å². The van der Waals surface area contributed by atoms with Crippen LogP contribution in [0.5, 0.6) is 11.5 Å². The van der Waals surface area contributed by atoms with Gasteiger partial charge in [-0.2, -0.15) is 5.10 Å². The maximum atomic E-state index is 11.7. The molecule has 0 aliphatic carbocycles. The van der Waals surface area contributed by atoms with Crippen molar-refractivity contribution in [2.45, 2.75) is 6.42 Å². The maximum Gasteiger partial charge on any atom is 0.277 e. The van der Waals surface area contributed by atoms with Crippen molar-refractivity contribution in [1.29, 1.82) is 0 Å². The second kappa shape index (κ2) is 8.88. The first-order chi connectivity index (χ1) is 11.6. The minimum atomic E-state index is -0.393. The molecule has 0 aliphatic rings. The SMILES string of the molecule is C=CCc1cccc(/C=N\NC(=O)COc2ccc(Br)cc2)c1O. The summed E-state index contributed by atoms with van der Waals surface area (Å²) in [6.45, 7) is 3.49. The number of benzene rings is 2. The highest BCUT2D eigenvalue weighted by atomic mass is 79.9. The van der Waals surface area contributed by atoms with E-state index in [0.717, 1.165) is 10.0 Å². The predicted molar refractivity (Wildman–Crippen MR) is 97.4 cm³/mol. The van der Waals surface area contributed by atoms with E-state index in [-0.39, 0.29) is 12.4 Å². The van der Waals surface area contributed by atoms with Crippen LogP contribution in [0.3, 0.4) is 0 Å². The first-order valence-corrected chi connectivity index (χ1v) is 8.01. The lowest BCUT2D eigenvalue weighted by molar-refractivity contribution is -0.123. The van der Waals surface area contributed by atoms with Crippen molar-refractivity contribution in [3.8, 4) is 11.5 Å². The molecular weight excluding hydrogens is 372 g/mol. The van der Waals surface area contributed by atoms with Crippen LogP contribution in [0.4, 0.5) is 0 Å². The molecule has 0 saturated carbocycles. The number of amides is 1. The average molecular weight is 389 g/mol. The summed E-state index contributed by atoms with van der Waals surface area (Å²) in [6.07, 6.45) is 3.65. The number of halogens is 1. The Morgan fingerprint density at radius 2 is 2.04 bits per heavy atom. The van der Waals surface area contributed by atoms with Crippen molar-refractivity contribution in [2.75, 3.05) is 6.61 Å². The van der Waals surface area contributed by atoms with E-state index in [1.807, 2.05) is 12.1 Å². The Hall–Kier alpha value is -2.60. The molecule has 24 heavy (non-hydrogen) atoms. The lowest BCUT2D eigenvalue weighted by Crippen LogP contribution is -2.24. The Labute approximate surface area is 148 Å². The van der Waals surface area contributed by atoms with E-state index in [9.17, 15) is 9.90 Å². The van der Waals surface area contributed by atoms with Gasteiger partial charge in [0.05, 0.1) is 6.21 Å². The normalized spacial score (nSPS) is 10.5. The smallest absolute Gasteiger partial charge is 0.277 e. The zero-order valence-electron chi connectivity index (χ0n) is 12.9. The van der Waals surface area contributed by atoms with Crippen molar-refractivity contribution in [3.05, 3.63) is 70.7 Å². The van der Waals surface area contributed by atoms with Crippen LogP contribution in [0.2, 0.25) is 0 Å². The van der Waals surface area contributed by atoms with Gasteiger partial charge in [-0.25, -0.2) is 5.43 Å². The summed E-state index contributed by atoms with van der Waals surface area (Å²) in [4.78, 5) is 11.7. The molecule has 1 amide bonds. The third kappa shape index (κ3) is 5.24. The van der Waals surface area contributed by atoms with Crippen LogP contribution in [0, 0.1) is 0 Å². The zero-order valence-corrected chi connectivity index (χ0v) is 14.5. The number of phenols is 1. The number of hydrazone groups is 1. The fourth-order valence-electron chi connectivity index (χ4n) is 1.92. The molecule has 2 N–H and O–H groups in total. The van der Waals surface area contributed by atoms with Crippen LogP contribution < -0.4 is 10.2 Å². The van der Waals surface area contributed by atoms with Crippen LogP contribution in [-0.2, 0) is 11.2 Å². The minimum absolute atomic E-state index is 0.126. The number of carbonyl (C=O) groups excluding carboxylic acids is 1. The summed E-state index contributed by atoms with van der Waals surface area (Å²) in [5.41, 5.74) is 3.62. The van der Waals surface area contributed by atoms with Crippen molar-refractivity contribution < 1.29 is 14.6 Å². The molecule has 5 nitrogen and oxygen atoms in total. The molecule has 0 saturated heterocycles. The third-order valence-electron chi connectivity index (χ3n) is 3.09. The first kappa shape index (κ1) is 17.7. The first-order valence-electron chi connectivity index (χ1n) is 7.22. The summed E-state index contributed by atoms with van der Waals surface area (Å²) in [5, 5.41) is 13.9. The van der Waals surface area contributed by atoms with Gasteiger partial charge in [0.15, 0.2) is 6.61 Å². The van der Waals surface area contributed by atoms with Gasteiger partial charge in [-0.15, -0.1) is 6.58 Å². The standard InChI is InChI=1S/C18H17BrN2O3/c1-2-4-13-5-3-6-14(18(13)23)11-20-21-17(22)12-24-16-9-7-15(19)8-10-16/h2-3,5-11,23H,1,4,12H2,(H,21,22)/b20-11-. The number of ether oxygens (including phenoxy) is 1. The highest BCUT2D eigenvalue weighted by Gasteiger charge is 2.04. The summed E-state index contributed by atoms with van der Waals surface area (Å²) in [5.74, 6) is 0.324. The summed E-state index contributed by atoms with van der Waals surface area (Å²) < 4.78 is 6.27. The van der Waals surface area contributed by atoms with Gasteiger partial charge >= 0.3 is 0 Å². The molecule has 0 bridgehead atoms. The van der Waals surface area contributed by atoms with E-state index < -0.39 is 5.91 Å². The van der Waals surface area contributed by atoms with E-state index in [0.29, 0.717) is 17.7 Å². The Morgan fingerprint density at radius 1 is 1.29 bits per heavy atom. The largest absolute Gasteiger partial charge is 0.507 e. The van der Waals surface area contributed by atoms with Crippen molar-refractivity contribution in [1.82, 2.24) is 5.43 Å². The zero-order chi connectivity index (χ0) is 17.4. The fourth-order valence-corrected chi connectivity index (χ4v) is 2.19. The number of phenolic OH excluding ortho intramolecular Hbond substituents is 1. The van der Waals surface area contributed by atoms with Gasteiger partial charge in [0.1, 0.15) is 11.5 Å². The third-order valence-corrected chi connectivity index (χ3v) is 3.62. The molecule has 0 heterocycles. The molecule has 0 aliphatic heterocycles. The highest BCUT2D eigenvalue weighted by molar-refractivity contribution is 9.10. The van der Waals surface area contributed by atoms with Crippen LogP contribution >= 0.6 is 15.9 Å². The fraction of sp³-hybridized carbons (Fsp3) is 0.111.